The van der Waals surface area contributed by atoms with Crippen LogP contribution in [-0.2, 0) is 62.4 Å². The molecule has 0 radical (unpaired) electrons. The minimum Gasteiger partial charge on any atom is -0.481 e. The predicted octanol–water partition coefficient (Wildman–Crippen LogP) is -4.04. The van der Waals surface area contributed by atoms with Crippen molar-refractivity contribution >= 4 is 101 Å². The molecule has 0 saturated heterocycles. The molecule has 0 saturated carbocycles. The van der Waals surface area contributed by atoms with Gasteiger partial charge in [0.15, 0.2) is 11.9 Å². The molecule has 428 valence electrons. The monoisotopic (exact) mass is 1130 g/mol. The number of aliphatic imine (C=N–C) groups is 2. The highest BCUT2D eigenvalue weighted by atomic mass is 32.1. The first kappa shape index (κ1) is 63.2. The minimum atomic E-state index is -1.60. The van der Waals surface area contributed by atoms with Crippen LogP contribution in [0.3, 0.4) is 0 Å². The van der Waals surface area contributed by atoms with Gasteiger partial charge < -0.3 is 86.7 Å². The number of aromatic amines is 2. The lowest BCUT2D eigenvalue weighted by Gasteiger charge is -2.28. The minimum absolute atomic E-state index is 0.0252. The molecule has 79 heavy (non-hydrogen) atoms. The summed E-state index contributed by atoms with van der Waals surface area (Å²) in [5, 5.41) is 28.5. The van der Waals surface area contributed by atoms with Crippen LogP contribution in [0.2, 0.25) is 0 Å². The number of aliphatic carboxylic acids is 1. The number of hydrogen-bond donors (Lipinski definition) is 18. The second kappa shape index (κ2) is 32.4. The van der Waals surface area contributed by atoms with Crippen LogP contribution in [0.25, 0.3) is 10.9 Å². The maximum Gasteiger partial charge on any atom is 0.303 e. The van der Waals surface area contributed by atoms with E-state index in [-0.39, 0.29) is 75.0 Å². The van der Waals surface area contributed by atoms with Crippen LogP contribution in [-0.4, -0.2) is 158 Å². The molecule has 2 aromatic heterocycles. The summed E-state index contributed by atoms with van der Waals surface area (Å²) in [4.78, 5) is 140. The van der Waals surface area contributed by atoms with E-state index in [4.69, 9.17) is 34.4 Å². The van der Waals surface area contributed by atoms with Crippen molar-refractivity contribution in [1.29, 1.82) is 0 Å². The van der Waals surface area contributed by atoms with Gasteiger partial charge in [0.2, 0.25) is 47.3 Å². The Balaban J connectivity index is 1.64. The number of guanidine groups is 2. The molecule has 0 bridgehead atoms. The number of thiol groups is 2. The molecule has 2 heterocycles. The number of carboxylic acid groups (broad SMARTS) is 1. The fourth-order valence-corrected chi connectivity index (χ4v) is 8.42. The lowest BCUT2D eigenvalue weighted by atomic mass is 10.0. The quantitative estimate of drug-likeness (QED) is 0.00916. The number of rotatable bonds is 34. The molecule has 0 fully saturated rings. The van der Waals surface area contributed by atoms with Gasteiger partial charge >= 0.3 is 5.97 Å². The highest BCUT2D eigenvalue weighted by Gasteiger charge is 2.35. The number of amides is 8. The van der Waals surface area contributed by atoms with Crippen LogP contribution in [0.1, 0.15) is 55.3 Å². The van der Waals surface area contributed by atoms with E-state index in [9.17, 15) is 48.3 Å². The first-order valence-corrected chi connectivity index (χ1v) is 26.2. The normalized spacial score (nSPS) is 14.0. The van der Waals surface area contributed by atoms with Crippen LogP contribution in [0.15, 0.2) is 83.3 Å². The number of fused-ring (bicyclic) bond motifs is 1. The van der Waals surface area contributed by atoms with Gasteiger partial charge in [0.1, 0.15) is 42.3 Å². The third-order valence-corrected chi connectivity index (χ3v) is 12.8. The highest BCUT2D eigenvalue weighted by Crippen LogP contribution is 2.20. The number of carboxylic acids is 1. The smallest absolute Gasteiger partial charge is 0.303 e. The molecular weight excluding hydrogens is 1060 g/mol. The second-order valence-corrected chi connectivity index (χ2v) is 18.9. The Morgan fingerprint density at radius 3 is 1.58 bits per heavy atom. The van der Waals surface area contributed by atoms with E-state index in [0.717, 1.165) is 10.9 Å². The number of imidazole rings is 1. The van der Waals surface area contributed by atoms with Gasteiger partial charge in [-0.05, 0) is 49.3 Å². The third-order valence-electron chi connectivity index (χ3n) is 12.1. The SMILES string of the molecule is NC(=O)[C@H](CS)NC(=O)[C@H](Cc1c[nH]c2ccccc12)NC(=O)[C@H](CCCN=C(N)N)NC(=O)[C@@H](Cc1ccccc1)NC(=O)[C@H](Cc1cnc[nH]1)NC(=O)[C@H](CCC(=O)O)NC(=O)[C@H](CS)NC(=O)[C@H](N)CCCN=C(N)N. The number of hydrogen-bond acceptors (Lipinski definition) is 15. The molecule has 4 aromatic rings. The zero-order valence-corrected chi connectivity index (χ0v) is 44.8. The molecule has 0 unspecified atom stereocenters. The summed E-state index contributed by atoms with van der Waals surface area (Å²) in [5.74, 6) is -9.10. The van der Waals surface area contributed by atoms with E-state index in [0.29, 0.717) is 23.2 Å². The maximum atomic E-state index is 14.7. The molecule has 8 atom stereocenters. The Morgan fingerprint density at radius 2 is 1.04 bits per heavy atom. The number of para-hydroxylation sites is 1. The molecule has 30 heteroatoms. The summed E-state index contributed by atoms with van der Waals surface area (Å²) < 4.78 is 0. The van der Waals surface area contributed by atoms with Gasteiger partial charge in [-0.1, -0.05) is 48.5 Å². The topological polar surface area (TPSA) is 483 Å². The van der Waals surface area contributed by atoms with Crippen molar-refractivity contribution in [3.63, 3.8) is 0 Å². The summed E-state index contributed by atoms with van der Waals surface area (Å²) in [7, 11) is 0. The summed E-state index contributed by atoms with van der Waals surface area (Å²) in [6.07, 6.45) is 3.25. The largest absolute Gasteiger partial charge is 0.481 e. The molecule has 0 aliphatic rings. The van der Waals surface area contributed by atoms with Crippen molar-refractivity contribution in [1.82, 2.24) is 52.2 Å². The van der Waals surface area contributed by atoms with Crippen LogP contribution >= 0.6 is 25.3 Å². The summed E-state index contributed by atoms with van der Waals surface area (Å²) in [5.41, 5.74) is 35.6. The number of carbonyl (C=O) groups excluding carboxylic acids is 8. The molecule has 4 rings (SSSR count). The number of primary amides is 1. The number of nitrogens with one attached hydrogen (secondary N) is 9. The Bertz CT molecular complexity index is 2760. The van der Waals surface area contributed by atoms with Crippen molar-refractivity contribution in [2.75, 3.05) is 24.6 Å². The van der Waals surface area contributed by atoms with Gasteiger partial charge in [-0.3, -0.25) is 53.1 Å². The molecule has 2 aromatic carbocycles. The van der Waals surface area contributed by atoms with E-state index in [1.807, 2.05) is 18.2 Å². The Kier molecular flexibility index (Phi) is 25.9. The Morgan fingerprint density at radius 1 is 0.557 bits per heavy atom. The van der Waals surface area contributed by atoms with Gasteiger partial charge in [-0.25, -0.2) is 4.98 Å². The van der Waals surface area contributed by atoms with Crippen molar-refractivity contribution in [3.8, 4) is 0 Å². The second-order valence-electron chi connectivity index (χ2n) is 18.2. The zero-order chi connectivity index (χ0) is 58.0. The van der Waals surface area contributed by atoms with Gasteiger partial charge in [0, 0.05) is 79.3 Å². The van der Waals surface area contributed by atoms with Crippen LogP contribution in [0.5, 0.6) is 0 Å². The number of nitrogens with zero attached hydrogens (tertiary/aromatic N) is 3. The van der Waals surface area contributed by atoms with Gasteiger partial charge in [-0.15, -0.1) is 0 Å². The number of benzene rings is 2. The molecule has 22 N–H and O–H groups in total. The van der Waals surface area contributed by atoms with E-state index < -0.39 is 114 Å². The molecule has 8 amide bonds. The van der Waals surface area contributed by atoms with E-state index in [1.54, 1.807) is 42.6 Å². The number of carbonyl (C=O) groups is 9. The van der Waals surface area contributed by atoms with Crippen molar-refractivity contribution in [2.45, 2.75) is 106 Å². The average molecular weight is 1140 g/mol. The molecule has 0 aliphatic carbocycles. The number of nitrogens with two attached hydrogens (primary N) is 6. The Hall–Kier alpha value is -8.38. The van der Waals surface area contributed by atoms with E-state index in [1.165, 1.54) is 12.5 Å². The lowest BCUT2D eigenvalue weighted by Crippen LogP contribution is -2.61. The number of H-pyrrole nitrogens is 2. The first-order chi connectivity index (χ1) is 37.7. The van der Waals surface area contributed by atoms with Crippen molar-refractivity contribution in [3.05, 3.63) is 90.1 Å². The van der Waals surface area contributed by atoms with E-state index >= 15 is 0 Å². The molecule has 0 aliphatic heterocycles. The standard InChI is InChI=1S/C49H70N18O10S2/c50-30(11-6-16-57-48(52)53)41(71)67-38(24-79)47(77)62-33(14-15-39(68)69)43(73)65-36(20-28-22-56-25-60-28)46(76)63-34(18-26-8-2-1-3-9-26)44(74)61-32(13-7-17-58-49(54)55)42(72)64-35(45(75)66-37(23-78)40(51)70)19-27-21-59-31-12-5-4-10-29(27)31/h1-5,8-10,12,21-22,25,30,32-38,59,78-79H,6-7,11,13-20,23-24,50H2,(H2,51,70)(H,56,60)(H,61,74)(H,62,77)(H,63,76)(H,64,72)(H,65,73)(H,66,75)(H,67,71)(H,68,69)(H4,52,53,57)(H4,54,55,58)/t30-,32+,33+,34-,35+,36+,37+,38+/m1/s1. The number of aromatic nitrogens is 3. The average Bonchev–Trinajstić information content (AvgIpc) is 4.16. The fourth-order valence-electron chi connectivity index (χ4n) is 7.89. The summed E-state index contributed by atoms with van der Waals surface area (Å²) >= 11 is 8.33. The lowest BCUT2D eigenvalue weighted by molar-refractivity contribution is -0.138. The first-order valence-electron chi connectivity index (χ1n) is 25.0. The maximum absolute atomic E-state index is 14.7. The molecule has 28 nitrogen and oxygen atoms in total. The summed E-state index contributed by atoms with van der Waals surface area (Å²) in [6, 6.07) is 4.73. The molecule has 0 spiro atoms. The zero-order valence-electron chi connectivity index (χ0n) is 43.1. The summed E-state index contributed by atoms with van der Waals surface area (Å²) in [6.45, 7) is 0.219. The van der Waals surface area contributed by atoms with Gasteiger partial charge in [0.05, 0.1) is 12.4 Å². The predicted molar refractivity (Wildman–Crippen MR) is 300 cm³/mol. The van der Waals surface area contributed by atoms with Crippen molar-refractivity contribution in [2.24, 2.45) is 44.4 Å². The van der Waals surface area contributed by atoms with Gasteiger partial charge in [-0.2, -0.15) is 25.3 Å². The van der Waals surface area contributed by atoms with Crippen molar-refractivity contribution < 1.29 is 48.3 Å². The van der Waals surface area contributed by atoms with Crippen LogP contribution in [0.4, 0.5) is 0 Å². The highest BCUT2D eigenvalue weighted by molar-refractivity contribution is 7.80. The molecular formula is C49H70N18O10S2. The van der Waals surface area contributed by atoms with Crippen LogP contribution < -0.4 is 71.6 Å². The Labute approximate surface area is 465 Å². The van der Waals surface area contributed by atoms with Gasteiger partial charge in [0.25, 0.3) is 0 Å². The fraction of sp³-hybridized carbons (Fsp3) is 0.429. The van der Waals surface area contributed by atoms with E-state index in [2.05, 4.69) is 87.4 Å². The van der Waals surface area contributed by atoms with Crippen LogP contribution in [0, 0.1) is 0 Å². The third kappa shape index (κ3) is 21.5.